The molecule has 0 saturated carbocycles. The Labute approximate surface area is 120 Å². The SMILES string of the molecule is O=c1n(/N=C\c2ccccc2)c(=O)n2n1C1C=CC2CC1. The van der Waals surface area contributed by atoms with Gasteiger partial charge >= 0.3 is 11.4 Å². The monoisotopic (exact) mass is 282 g/mol. The van der Waals surface area contributed by atoms with E-state index in [-0.39, 0.29) is 23.5 Å². The van der Waals surface area contributed by atoms with Crippen molar-refractivity contribution in [2.75, 3.05) is 0 Å². The van der Waals surface area contributed by atoms with Gasteiger partial charge in [0.25, 0.3) is 0 Å². The third kappa shape index (κ3) is 1.75. The molecule has 5 rings (SSSR count). The molecule has 106 valence electrons. The molecule has 6 heteroatoms. The quantitative estimate of drug-likeness (QED) is 0.612. The molecular weight excluding hydrogens is 268 g/mol. The molecule has 2 aromatic rings. The highest BCUT2D eigenvalue weighted by Gasteiger charge is 2.33. The second kappa shape index (κ2) is 4.44. The van der Waals surface area contributed by atoms with E-state index in [2.05, 4.69) is 5.10 Å². The largest absolute Gasteiger partial charge is 0.368 e. The number of hydrogen-bond acceptors (Lipinski definition) is 3. The molecule has 0 saturated heterocycles. The summed E-state index contributed by atoms with van der Waals surface area (Å²) in [4.78, 5) is 24.8. The van der Waals surface area contributed by atoms with Crippen LogP contribution in [0.5, 0.6) is 0 Å². The number of benzene rings is 1. The minimum Gasteiger partial charge on any atom is -0.244 e. The third-order valence-electron chi connectivity index (χ3n) is 4.05. The standard InChI is InChI=1S/C15H14N4O2/c20-14-17(16-10-11-4-2-1-3-5-11)15(21)19-13-7-6-12(8-9-13)18(14)19/h1-7,10,12-13H,8-9H2/b16-10-. The molecule has 21 heavy (non-hydrogen) atoms. The molecule has 0 fully saturated rings. The van der Waals surface area contributed by atoms with Crippen molar-refractivity contribution in [1.82, 2.24) is 14.0 Å². The Balaban J connectivity index is 1.82. The van der Waals surface area contributed by atoms with Crippen molar-refractivity contribution in [3.8, 4) is 0 Å². The molecule has 3 heterocycles. The van der Waals surface area contributed by atoms with Gasteiger partial charge in [-0.3, -0.25) is 0 Å². The van der Waals surface area contributed by atoms with E-state index in [0.29, 0.717) is 0 Å². The van der Waals surface area contributed by atoms with Gasteiger partial charge in [-0.2, -0.15) is 5.10 Å². The van der Waals surface area contributed by atoms with Gasteiger partial charge < -0.3 is 0 Å². The Morgan fingerprint density at radius 2 is 1.52 bits per heavy atom. The normalized spacial score (nSPS) is 22.9. The first kappa shape index (κ1) is 12.1. The highest BCUT2D eigenvalue weighted by atomic mass is 16.2. The maximum Gasteiger partial charge on any atom is 0.368 e. The Kier molecular flexibility index (Phi) is 2.57. The van der Waals surface area contributed by atoms with Gasteiger partial charge in [-0.05, 0) is 18.4 Å². The lowest BCUT2D eigenvalue weighted by molar-refractivity contribution is 0.257. The van der Waals surface area contributed by atoms with Crippen LogP contribution in [0.15, 0.2) is 57.2 Å². The Hall–Kier alpha value is -2.63. The second-order valence-electron chi connectivity index (χ2n) is 5.32. The molecule has 0 N–H and O–H groups in total. The Bertz CT molecular complexity index is 809. The molecule has 0 radical (unpaired) electrons. The predicted octanol–water partition coefficient (Wildman–Crippen LogP) is 1.14. The summed E-state index contributed by atoms with van der Waals surface area (Å²) in [7, 11) is 0. The average molecular weight is 282 g/mol. The van der Waals surface area contributed by atoms with Crippen LogP contribution >= 0.6 is 0 Å². The van der Waals surface area contributed by atoms with E-state index in [1.807, 2.05) is 42.5 Å². The van der Waals surface area contributed by atoms with Crippen LogP contribution in [0.25, 0.3) is 0 Å². The number of allylic oxidation sites excluding steroid dienone is 2. The maximum atomic E-state index is 12.4. The number of aromatic nitrogens is 3. The van der Waals surface area contributed by atoms with Gasteiger partial charge in [-0.1, -0.05) is 42.5 Å². The van der Waals surface area contributed by atoms with Gasteiger partial charge in [0.05, 0.1) is 18.3 Å². The van der Waals surface area contributed by atoms with Crippen LogP contribution in [-0.4, -0.2) is 20.3 Å². The summed E-state index contributed by atoms with van der Waals surface area (Å²) in [5.41, 5.74) is 0.108. The van der Waals surface area contributed by atoms with E-state index in [1.165, 1.54) is 15.6 Å². The molecule has 2 bridgehead atoms. The van der Waals surface area contributed by atoms with E-state index in [4.69, 9.17) is 0 Å². The Morgan fingerprint density at radius 1 is 0.952 bits per heavy atom. The molecule has 0 spiro atoms. The minimum atomic E-state index is -0.369. The number of rotatable bonds is 2. The zero-order valence-corrected chi connectivity index (χ0v) is 11.3. The van der Waals surface area contributed by atoms with Gasteiger partial charge in [-0.25, -0.2) is 19.0 Å². The summed E-state index contributed by atoms with van der Waals surface area (Å²) < 4.78 is 4.00. The summed E-state index contributed by atoms with van der Waals surface area (Å²) in [6, 6.07) is 9.35. The van der Waals surface area contributed by atoms with Crippen molar-refractivity contribution in [2.24, 2.45) is 5.10 Å². The smallest absolute Gasteiger partial charge is 0.244 e. The number of hydrogen-bond donors (Lipinski definition) is 0. The van der Waals surface area contributed by atoms with E-state index in [0.717, 1.165) is 23.1 Å². The molecule has 1 aromatic heterocycles. The first-order valence-electron chi connectivity index (χ1n) is 6.99. The second-order valence-corrected chi connectivity index (χ2v) is 5.32. The van der Waals surface area contributed by atoms with Gasteiger partial charge in [-0.15, -0.1) is 4.68 Å². The molecule has 1 aliphatic carbocycles. The lowest BCUT2D eigenvalue weighted by Gasteiger charge is -2.32. The lowest BCUT2D eigenvalue weighted by Crippen LogP contribution is -2.39. The highest BCUT2D eigenvalue weighted by molar-refractivity contribution is 5.79. The first-order valence-corrected chi connectivity index (χ1v) is 6.99. The molecule has 6 nitrogen and oxygen atoms in total. The first-order chi connectivity index (χ1) is 10.3. The molecule has 2 unspecified atom stereocenters. The average Bonchev–Trinajstić information content (AvgIpc) is 2.81. The predicted molar refractivity (Wildman–Crippen MR) is 78.8 cm³/mol. The van der Waals surface area contributed by atoms with Crippen LogP contribution in [0.4, 0.5) is 0 Å². The van der Waals surface area contributed by atoms with Crippen molar-refractivity contribution in [3.63, 3.8) is 0 Å². The molecule has 2 aliphatic heterocycles. The fourth-order valence-corrected chi connectivity index (χ4v) is 3.02. The van der Waals surface area contributed by atoms with Crippen molar-refractivity contribution in [1.29, 1.82) is 0 Å². The topological polar surface area (TPSA) is 61.3 Å². The van der Waals surface area contributed by atoms with Crippen molar-refractivity contribution >= 4 is 6.21 Å². The van der Waals surface area contributed by atoms with E-state index < -0.39 is 0 Å². The molecular formula is C15H14N4O2. The summed E-state index contributed by atoms with van der Waals surface area (Å²) in [6.45, 7) is 0. The van der Waals surface area contributed by atoms with Crippen LogP contribution in [0.1, 0.15) is 30.5 Å². The fourth-order valence-electron chi connectivity index (χ4n) is 3.02. The number of nitrogens with zero attached hydrogens (tertiary/aromatic N) is 4. The van der Waals surface area contributed by atoms with Gasteiger partial charge in [0.15, 0.2) is 0 Å². The molecule has 0 amide bonds. The summed E-state index contributed by atoms with van der Waals surface area (Å²) >= 11 is 0. The zero-order valence-electron chi connectivity index (χ0n) is 11.3. The van der Waals surface area contributed by atoms with Crippen LogP contribution in [0, 0.1) is 0 Å². The van der Waals surface area contributed by atoms with Gasteiger partial charge in [0, 0.05) is 0 Å². The zero-order chi connectivity index (χ0) is 14.4. The van der Waals surface area contributed by atoms with Crippen LogP contribution in [0.2, 0.25) is 0 Å². The van der Waals surface area contributed by atoms with Crippen molar-refractivity contribution < 1.29 is 0 Å². The molecule has 1 aromatic carbocycles. The minimum absolute atomic E-state index is 0.0247. The van der Waals surface area contributed by atoms with Crippen molar-refractivity contribution in [2.45, 2.75) is 24.9 Å². The van der Waals surface area contributed by atoms with E-state index in [9.17, 15) is 9.59 Å². The van der Waals surface area contributed by atoms with Crippen molar-refractivity contribution in [3.05, 3.63) is 69.0 Å². The highest BCUT2D eigenvalue weighted by Crippen LogP contribution is 2.32. The Morgan fingerprint density at radius 3 is 2.05 bits per heavy atom. The third-order valence-corrected chi connectivity index (χ3v) is 4.05. The van der Waals surface area contributed by atoms with Gasteiger partial charge in [0.1, 0.15) is 0 Å². The summed E-state index contributed by atoms with van der Waals surface area (Å²) in [6.07, 6.45) is 7.32. The summed E-state index contributed by atoms with van der Waals surface area (Å²) in [5.74, 6) is 0. The van der Waals surface area contributed by atoms with Crippen LogP contribution in [0.3, 0.4) is 0 Å². The lowest BCUT2D eigenvalue weighted by atomic mass is 9.96. The molecule has 2 atom stereocenters. The van der Waals surface area contributed by atoms with Crippen LogP contribution in [-0.2, 0) is 0 Å². The van der Waals surface area contributed by atoms with Gasteiger partial charge in [0.2, 0.25) is 0 Å². The maximum absolute atomic E-state index is 12.4. The number of fused-ring (bicyclic) bond motifs is 1. The van der Waals surface area contributed by atoms with E-state index in [1.54, 1.807) is 0 Å². The summed E-state index contributed by atoms with van der Waals surface area (Å²) in [5, 5.41) is 4.07. The van der Waals surface area contributed by atoms with E-state index >= 15 is 0 Å². The molecule has 3 aliphatic rings. The van der Waals surface area contributed by atoms with Crippen LogP contribution < -0.4 is 11.4 Å². The fraction of sp³-hybridized carbons (Fsp3) is 0.267.